The topological polar surface area (TPSA) is 90.3 Å². The first-order chi connectivity index (χ1) is 12.2. The van der Waals surface area contributed by atoms with E-state index in [-0.39, 0.29) is 18.9 Å². The Morgan fingerprint density at radius 2 is 1.81 bits per heavy atom. The molecule has 2 aromatic carbocycles. The van der Waals surface area contributed by atoms with Gasteiger partial charge in [0.2, 0.25) is 15.9 Å². The molecule has 0 aliphatic heterocycles. The molecule has 0 spiro atoms. The van der Waals surface area contributed by atoms with E-state index in [2.05, 4.69) is 5.32 Å². The normalized spacial score (nSPS) is 10.8. The zero-order valence-corrected chi connectivity index (χ0v) is 15.8. The average Bonchev–Trinajstić information content (AvgIpc) is 2.57. The number of sulfonamides is 1. The van der Waals surface area contributed by atoms with Crippen molar-refractivity contribution in [2.45, 2.75) is 20.3 Å². The molecule has 0 fully saturated rings. The molecule has 0 radical (unpaired) electrons. The third-order valence-corrected chi connectivity index (χ3v) is 5.08. The highest BCUT2D eigenvalue weighted by Gasteiger charge is 2.19. The Morgan fingerprint density at radius 3 is 2.35 bits per heavy atom. The lowest BCUT2D eigenvalue weighted by Crippen LogP contribution is -2.33. The number of carbonyl (C=O) groups excluding carboxylic acids is 1. The third kappa shape index (κ3) is 5.07. The van der Waals surface area contributed by atoms with Crippen molar-refractivity contribution < 1.29 is 13.2 Å². The first-order valence-electron chi connectivity index (χ1n) is 8.05. The molecule has 0 unspecified atom stereocenters. The van der Waals surface area contributed by atoms with Gasteiger partial charge in [-0.1, -0.05) is 17.7 Å². The van der Waals surface area contributed by atoms with Gasteiger partial charge in [-0.2, -0.15) is 5.26 Å². The first-order valence-corrected chi connectivity index (χ1v) is 9.90. The molecule has 0 atom stereocenters. The number of amides is 1. The van der Waals surface area contributed by atoms with E-state index in [1.807, 2.05) is 38.1 Å². The highest BCUT2D eigenvalue weighted by atomic mass is 32.2. The van der Waals surface area contributed by atoms with Crippen molar-refractivity contribution in [1.82, 2.24) is 0 Å². The van der Waals surface area contributed by atoms with E-state index in [1.54, 1.807) is 24.3 Å². The number of hydrogen-bond donors (Lipinski definition) is 1. The lowest BCUT2D eigenvalue weighted by molar-refractivity contribution is -0.116. The monoisotopic (exact) mass is 371 g/mol. The van der Waals surface area contributed by atoms with Gasteiger partial charge in [0, 0.05) is 18.7 Å². The molecule has 0 aliphatic carbocycles. The van der Waals surface area contributed by atoms with Crippen LogP contribution in [0.1, 0.15) is 23.1 Å². The van der Waals surface area contributed by atoms with Crippen LogP contribution in [0.25, 0.3) is 0 Å². The van der Waals surface area contributed by atoms with Crippen molar-refractivity contribution in [1.29, 1.82) is 5.26 Å². The summed E-state index contributed by atoms with van der Waals surface area (Å²) in [5.41, 5.74) is 3.63. The van der Waals surface area contributed by atoms with Gasteiger partial charge in [0.15, 0.2) is 0 Å². The van der Waals surface area contributed by atoms with Gasteiger partial charge in [-0.05, 0) is 49.7 Å². The summed E-state index contributed by atoms with van der Waals surface area (Å²) in [4.78, 5) is 12.2. The van der Waals surface area contributed by atoms with Gasteiger partial charge in [-0.25, -0.2) is 8.42 Å². The van der Waals surface area contributed by atoms with E-state index in [4.69, 9.17) is 5.26 Å². The van der Waals surface area contributed by atoms with Gasteiger partial charge < -0.3 is 5.32 Å². The predicted octanol–water partition coefficient (Wildman–Crippen LogP) is 2.97. The second-order valence-electron chi connectivity index (χ2n) is 6.11. The summed E-state index contributed by atoms with van der Waals surface area (Å²) in [6.07, 6.45) is 1.10. The molecule has 6 nitrogen and oxygen atoms in total. The molecule has 1 N–H and O–H groups in total. The zero-order valence-electron chi connectivity index (χ0n) is 15.0. The van der Waals surface area contributed by atoms with Crippen LogP contribution < -0.4 is 9.62 Å². The molecule has 26 heavy (non-hydrogen) atoms. The molecule has 0 saturated carbocycles. The smallest absolute Gasteiger partial charge is 0.232 e. The maximum absolute atomic E-state index is 12.2. The Bertz CT molecular complexity index is 945. The van der Waals surface area contributed by atoms with Crippen molar-refractivity contribution in [3.8, 4) is 6.07 Å². The summed E-state index contributed by atoms with van der Waals surface area (Å²) in [5, 5.41) is 11.7. The largest absolute Gasteiger partial charge is 0.326 e. The molecule has 1 amide bonds. The molecule has 2 aromatic rings. The molecule has 0 saturated heterocycles. The SMILES string of the molecule is Cc1ccc(NC(=O)CCN(c2ccc(C#N)cc2)S(C)(=O)=O)c(C)c1. The number of nitriles is 1. The van der Waals surface area contributed by atoms with E-state index < -0.39 is 10.0 Å². The Kier molecular flexibility index (Phi) is 6.01. The Morgan fingerprint density at radius 1 is 1.15 bits per heavy atom. The molecule has 2 rings (SSSR count). The maximum atomic E-state index is 12.2. The Labute approximate surface area is 154 Å². The van der Waals surface area contributed by atoms with Crippen molar-refractivity contribution in [2.75, 3.05) is 22.4 Å². The number of nitrogens with one attached hydrogen (secondary N) is 1. The number of benzene rings is 2. The van der Waals surface area contributed by atoms with Gasteiger partial charge in [-0.3, -0.25) is 9.10 Å². The van der Waals surface area contributed by atoms with Crippen molar-refractivity contribution in [2.24, 2.45) is 0 Å². The van der Waals surface area contributed by atoms with Crippen LogP contribution in [-0.2, 0) is 14.8 Å². The Hall–Kier alpha value is -2.85. The summed E-state index contributed by atoms with van der Waals surface area (Å²) in [5.74, 6) is -0.265. The van der Waals surface area contributed by atoms with E-state index in [0.29, 0.717) is 16.9 Å². The fourth-order valence-corrected chi connectivity index (χ4v) is 3.49. The van der Waals surface area contributed by atoms with Crippen LogP contribution in [0.4, 0.5) is 11.4 Å². The predicted molar refractivity (Wildman–Crippen MR) is 103 cm³/mol. The van der Waals surface area contributed by atoms with Gasteiger partial charge in [0.05, 0.1) is 23.6 Å². The molecule has 136 valence electrons. The van der Waals surface area contributed by atoms with Crippen LogP contribution in [0.5, 0.6) is 0 Å². The van der Waals surface area contributed by atoms with Crippen LogP contribution in [0.2, 0.25) is 0 Å². The fraction of sp³-hybridized carbons (Fsp3) is 0.263. The van der Waals surface area contributed by atoms with E-state index in [9.17, 15) is 13.2 Å². The highest BCUT2D eigenvalue weighted by molar-refractivity contribution is 7.92. The second-order valence-corrected chi connectivity index (χ2v) is 8.02. The van der Waals surface area contributed by atoms with Gasteiger partial charge in [0.25, 0.3) is 0 Å². The van der Waals surface area contributed by atoms with E-state index in [0.717, 1.165) is 21.7 Å². The molecule has 0 aliphatic rings. The third-order valence-electron chi connectivity index (χ3n) is 3.88. The quantitative estimate of drug-likeness (QED) is 0.845. The van der Waals surface area contributed by atoms with E-state index >= 15 is 0 Å². The lowest BCUT2D eigenvalue weighted by atomic mass is 10.1. The number of hydrogen-bond acceptors (Lipinski definition) is 4. The average molecular weight is 371 g/mol. The Balaban J connectivity index is 2.09. The second kappa shape index (κ2) is 8.02. The maximum Gasteiger partial charge on any atom is 0.232 e. The van der Waals surface area contributed by atoms with Crippen molar-refractivity contribution in [3.05, 3.63) is 59.2 Å². The van der Waals surface area contributed by atoms with Gasteiger partial charge in [-0.15, -0.1) is 0 Å². The van der Waals surface area contributed by atoms with Crippen LogP contribution in [0.15, 0.2) is 42.5 Å². The number of carbonyl (C=O) groups is 1. The molecule has 0 heterocycles. The molecule has 7 heteroatoms. The van der Waals surface area contributed by atoms with E-state index in [1.165, 1.54) is 0 Å². The number of nitrogens with zero attached hydrogens (tertiary/aromatic N) is 2. The summed E-state index contributed by atoms with van der Waals surface area (Å²) in [6.45, 7) is 3.89. The minimum Gasteiger partial charge on any atom is -0.326 e. The minimum absolute atomic E-state index is 0.0143. The zero-order chi connectivity index (χ0) is 19.3. The molecular weight excluding hydrogens is 350 g/mol. The summed E-state index contributed by atoms with van der Waals surface area (Å²) in [6, 6.07) is 13.9. The van der Waals surface area contributed by atoms with Crippen LogP contribution in [-0.4, -0.2) is 27.1 Å². The highest BCUT2D eigenvalue weighted by Crippen LogP contribution is 2.20. The van der Waals surface area contributed by atoms with Crippen molar-refractivity contribution >= 4 is 27.3 Å². The molecule has 0 bridgehead atoms. The summed E-state index contributed by atoms with van der Waals surface area (Å²) < 4.78 is 25.3. The standard InChI is InChI=1S/C19H21N3O3S/c1-14-4-9-18(15(2)12-14)21-19(23)10-11-22(26(3,24)25)17-7-5-16(13-20)6-8-17/h4-9,12H,10-11H2,1-3H3,(H,21,23). The van der Waals surface area contributed by atoms with Gasteiger partial charge >= 0.3 is 0 Å². The van der Waals surface area contributed by atoms with Crippen LogP contribution in [0.3, 0.4) is 0 Å². The fourth-order valence-electron chi connectivity index (χ4n) is 2.56. The summed E-state index contributed by atoms with van der Waals surface area (Å²) >= 11 is 0. The van der Waals surface area contributed by atoms with Crippen LogP contribution in [0, 0.1) is 25.2 Å². The number of aryl methyl sites for hydroxylation is 2. The molecule has 0 aromatic heterocycles. The summed E-state index contributed by atoms with van der Waals surface area (Å²) in [7, 11) is -3.55. The lowest BCUT2D eigenvalue weighted by Gasteiger charge is -2.22. The number of rotatable bonds is 6. The van der Waals surface area contributed by atoms with Gasteiger partial charge in [0.1, 0.15) is 0 Å². The number of anilines is 2. The van der Waals surface area contributed by atoms with Crippen LogP contribution >= 0.6 is 0 Å². The molecular formula is C19H21N3O3S. The first kappa shape index (κ1) is 19.5. The minimum atomic E-state index is -3.55. The van der Waals surface area contributed by atoms with Crippen molar-refractivity contribution in [3.63, 3.8) is 0 Å².